The molecule has 0 aliphatic rings. The van der Waals surface area contributed by atoms with Crippen molar-refractivity contribution in [3.8, 4) is 0 Å². The van der Waals surface area contributed by atoms with Crippen LogP contribution in [0.3, 0.4) is 0 Å². The summed E-state index contributed by atoms with van der Waals surface area (Å²) in [5.74, 6) is 0.840. The fraction of sp³-hybridized carbons (Fsp3) is 0.667. The highest BCUT2D eigenvalue weighted by molar-refractivity contribution is 14.0. The molecule has 1 rings (SSSR count). The van der Waals surface area contributed by atoms with Crippen LogP contribution >= 0.6 is 24.0 Å². The Bertz CT molecular complexity index is 507. The van der Waals surface area contributed by atoms with Crippen LogP contribution in [0.15, 0.2) is 29.3 Å². The molecule has 0 fully saturated rings. The van der Waals surface area contributed by atoms with E-state index < -0.39 is 0 Å². The first-order chi connectivity index (χ1) is 12.7. The molecule has 0 radical (unpaired) electrons. The lowest BCUT2D eigenvalue weighted by molar-refractivity contribution is 0.129. The third-order valence-electron chi connectivity index (χ3n) is 4.38. The van der Waals surface area contributed by atoms with Crippen LogP contribution in [-0.4, -0.2) is 50.8 Å². The van der Waals surface area contributed by atoms with Crippen LogP contribution in [0.25, 0.3) is 0 Å². The first-order valence-electron chi connectivity index (χ1n) is 10.1. The molecule has 0 heterocycles. The van der Waals surface area contributed by atoms with Crippen molar-refractivity contribution in [1.82, 2.24) is 15.5 Å². The van der Waals surface area contributed by atoms with E-state index in [1.807, 2.05) is 7.05 Å². The Morgan fingerprint density at radius 1 is 1.04 bits per heavy atom. The van der Waals surface area contributed by atoms with E-state index in [9.17, 15) is 0 Å². The van der Waals surface area contributed by atoms with E-state index in [4.69, 9.17) is 4.74 Å². The van der Waals surface area contributed by atoms with E-state index in [-0.39, 0.29) is 24.0 Å². The number of halogens is 1. The summed E-state index contributed by atoms with van der Waals surface area (Å²) in [5.41, 5.74) is 2.64. The zero-order valence-electron chi connectivity index (χ0n) is 17.6. The number of guanidine groups is 1. The van der Waals surface area contributed by atoms with E-state index in [2.05, 4.69) is 65.6 Å². The number of nitrogens with zero attached hydrogens (tertiary/aromatic N) is 2. The summed E-state index contributed by atoms with van der Waals surface area (Å²) in [6.45, 7) is 13.1. The Labute approximate surface area is 183 Å². The van der Waals surface area contributed by atoms with Crippen LogP contribution in [0.5, 0.6) is 0 Å². The molecule has 0 aliphatic carbocycles. The maximum absolute atomic E-state index is 5.58. The summed E-state index contributed by atoms with van der Waals surface area (Å²) in [7, 11) is 1.81. The average Bonchev–Trinajstić information content (AvgIpc) is 2.68. The highest BCUT2D eigenvalue weighted by Gasteiger charge is 2.03. The van der Waals surface area contributed by atoms with Gasteiger partial charge in [0.2, 0.25) is 0 Å². The van der Waals surface area contributed by atoms with Gasteiger partial charge in [-0.1, -0.05) is 51.5 Å². The van der Waals surface area contributed by atoms with Crippen molar-refractivity contribution in [3.63, 3.8) is 0 Å². The Hall–Kier alpha value is -0.860. The number of hydrogen-bond donors (Lipinski definition) is 2. The van der Waals surface area contributed by atoms with Gasteiger partial charge in [-0.05, 0) is 37.1 Å². The Kier molecular flexibility index (Phi) is 16.7. The van der Waals surface area contributed by atoms with Crippen molar-refractivity contribution in [2.45, 2.75) is 53.1 Å². The van der Waals surface area contributed by atoms with Crippen LogP contribution in [0.1, 0.15) is 51.2 Å². The van der Waals surface area contributed by atoms with Crippen molar-refractivity contribution in [2.75, 3.05) is 39.9 Å². The van der Waals surface area contributed by atoms with Gasteiger partial charge >= 0.3 is 0 Å². The number of hydrogen-bond acceptors (Lipinski definition) is 3. The van der Waals surface area contributed by atoms with Gasteiger partial charge in [0.15, 0.2) is 5.96 Å². The first kappa shape index (κ1) is 26.1. The Morgan fingerprint density at radius 2 is 1.74 bits per heavy atom. The van der Waals surface area contributed by atoms with Gasteiger partial charge < -0.3 is 15.4 Å². The predicted molar refractivity (Wildman–Crippen MR) is 127 cm³/mol. The van der Waals surface area contributed by atoms with E-state index in [0.29, 0.717) is 0 Å². The smallest absolute Gasteiger partial charge is 0.191 e. The van der Waals surface area contributed by atoms with Gasteiger partial charge in [-0.3, -0.25) is 9.89 Å². The van der Waals surface area contributed by atoms with Gasteiger partial charge in [-0.15, -0.1) is 24.0 Å². The zero-order chi connectivity index (χ0) is 19.0. The van der Waals surface area contributed by atoms with Gasteiger partial charge in [-0.25, -0.2) is 0 Å². The summed E-state index contributed by atoms with van der Waals surface area (Å²) < 4.78 is 5.58. The molecule has 6 heteroatoms. The minimum absolute atomic E-state index is 0. The second kappa shape index (κ2) is 17.3. The van der Waals surface area contributed by atoms with E-state index in [0.717, 1.165) is 64.7 Å². The van der Waals surface area contributed by atoms with Gasteiger partial charge in [0.25, 0.3) is 0 Å². The summed E-state index contributed by atoms with van der Waals surface area (Å²) >= 11 is 0. The first-order valence-corrected chi connectivity index (χ1v) is 10.1. The third kappa shape index (κ3) is 12.3. The molecule has 156 valence electrons. The molecule has 0 amide bonds. The molecule has 0 unspecified atom stereocenters. The summed E-state index contributed by atoms with van der Waals surface area (Å²) in [6, 6.07) is 8.78. The molecule has 1 aromatic carbocycles. The predicted octanol–water partition coefficient (Wildman–Crippen LogP) is 4.02. The normalized spacial score (nSPS) is 11.4. The number of aliphatic imine (C=N–C) groups is 1. The fourth-order valence-electron chi connectivity index (χ4n) is 2.68. The Morgan fingerprint density at radius 3 is 2.41 bits per heavy atom. The molecule has 5 nitrogen and oxygen atoms in total. The SMILES string of the molecule is CCCCOCCCNC(=NC)NCc1cccc(CN(CC)CC)c1.I. The summed E-state index contributed by atoms with van der Waals surface area (Å²) in [5, 5.41) is 6.74. The molecule has 0 saturated carbocycles. The van der Waals surface area contributed by atoms with Gasteiger partial charge in [0, 0.05) is 39.9 Å². The molecular formula is C21H39IN4O. The lowest BCUT2D eigenvalue weighted by atomic mass is 10.1. The van der Waals surface area contributed by atoms with Crippen LogP contribution in [-0.2, 0) is 17.8 Å². The van der Waals surface area contributed by atoms with E-state index >= 15 is 0 Å². The fourth-order valence-corrected chi connectivity index (χ4v) is 2.68. The van der Waals surface area contributed by atoms with Crippen molar-refractivity contribution in [3.05, 3.63) is 35.4 Å². The number of nitrogens with one attached hydrogen (secondary N) is 2. The highest BCUT2D eigenvalue weighted by Crippen LogP contribution is 2.08. The van der Waals surface area contributed by atoms with E-state index in [1.165, 1.54) is 17.5 Å². The summed E-state index contributed by atoms with van der Waals surface area (Å²) in [4.78, 5) is 6.72. The van der Waals surface area contributed by atoms with Gasteiger partial charge in [-0.2, -0.15) is 0 Å². The van der Waals surface area contributed by atoms with Crippen molar-refractivity contribution < 1.29 is 4.74 Å². The molecule has 0 saturated heterocycles. The minimum Gasteiger partial charge on any atom is -0.381 e. The second-order valence-electron chi connectivity index (χ2n) is 6.45. The molecule has 0 aliphatic heterocycles. The topological polar surface area (TPSA) is 48.9 Å². The molecule has 0 spiro atoms. The summed E-state index contributed by atoms with van der Waals surface area (Å²) in [6.07, 6.45) is 3.32. The van der Waals surface area contributed by atoms with Gasteiger partial charge in [0.05, 0.1) is 0 Å². The van der Waals surface area contributed by atoms with Crippen molar-refractivity contribution in [1.29, 1.82) is 0 Å². The van der Waals surface area contributed by atoms with Crippen LogP contribution < -0.4 is 10.6 Å². The third-order valence-corrected chi connectivity index (χ3v) is 4.38. The number of unbranched alkanes of at least 4 members (excludes halogenated alkanes) is 1. The molecule has 27 heavy (non-hydrogen) atoms. The average molecular weight is 490 g/mol. The molecule has 0 atom stereocenters. The Balaban J connectivity index is 0.00000676. The molecule has 0 bridgehead atoms. The zero-order valence-corrected chi connectivity index (χ0v) is 19.9. The van der Waals surface area contributed by atoms with Crippen LogP contribution in [0.2, 0.25) is 0 Å². The van der Waals surface area contributed by atoms with Crippen LogP contribution in [0, 0.1) is 0 Å². The van der Waals surface area contributed by atoms with Crippen molar-refractivity contribution >= 4 is 29.9 Å². The van der Waals surface area contributed by atoms with Crippen molar-refractivity contribution in [2.24, 2.45) is 4.99 Å². The largest absolute Gasteiger partial charge is 0.381 e. The van der Waals surface area contributed by atoms with Crippen LogP contribution in [0.4, 0.5) is 0 Å². The highest BCUT2D eigenvalue weighted by atomic mass is 127. The number of benzene rings is 1. The second-order valence-corrected chi connectivity index (χ2v) is 6.45. The maximum Gasteiger partial charge on any atom is 0.191 e. The molecule has 2 N–H and O–H groups in total. The lowest BCUT2D eigenvalue weighted by Crippen LogP contribution is -2.37. The van der Waals surface area contributed by atoms with E-state index in [1.54, 1.807) is 0 Å². The van der Waals surface area contributed by atoms with Gasteiger partial charge in [0.1, 0.15) is 0 Å². The molecule has 0 aromatic heterocycles. The maximum atomic E-state index is 5.58. The quantitative estimate of drug-likeness (QED) is 0.190. The minimum atomic E-state index is 0. The monoisotopic (exact) mass is 490 g/mol. The molecular weight excluding hydrogens is 451 g/mol. The number of rotatable bonds is 13. The number of ether oxygens (including phenoxy) is 1. The molecule has 1 aromatic rings. The standard InChI is InChI=1S/C21H38N4O.HI/c1-5-8-14-26-15-10-13-23-21(22-4)24-17-19-11-9-12-20(16-19)18-25(6-2)7-3;/h9,11-12,16H,5-8,10,13-15,17-18H2,1-4H3,(H2,22,23,24);1H. The lowest BCUT2D eigenvalue weighted by Gasteiger charge is -2.18.